The van der Waals surface area contributed by atoms with Crippen molar-refractivity contribution in [2.75, 3.05) is 25.2 Å². The Balaban J connectivity index is 1.46. The lowest BCUT2D eigenvalue weighted by molar-refractivity contribution is -0.113. The molecular formula is C23H24N8O4S3. The lowest BCUT2D eigenvalue weighted by Crippen LogP contribution is -2.25. The third kappa shape index (κ3) is 6.42. The highest BCUT2D eigenvalue weighted by molar-refractivity contribution is 7.99. The van der Waals surface area contributed by atoms with Crippen molar-refractivity contribution in [1.29, 1.82) is 0 Å². The minimum absolute atomic E-state index is 0.0509. The van der Waals surface area contributed by atoms with Crippen LogP contribution in [0.2, 0.25) is 0 Å². The number of nitrogens with zero attached hydrogens (tertiary/aromatic N) is 6. The minimum atomic E-state index is -3.59. The molecule has 0 aliphatic carbocycles. The third-order valence-corrected chi connectivity index (χ3v) is 8.63. The van der Waals surface area contributed by atoms with Gasteiger partial charge in [0, 0.05) is 25.3 Å². The summed E-state index contributed by atoms with van der Waals surface area (Å²) >= 11 is 2.48. The Morgan fingerprint density at radius 2 is 1.71 bits per heavy atom. The van der Waals surface area contributed by atoms with Crippen LogP contribution < -0.4 is 10.6 Å². The Hall–Kier alpha value is -3.66. The van der Waals surface area contributed by atoms with E-state index in [1.54, 1.807) is 11.5 Å². The number of aryl methyl sites for hydroxylation is 1. The first-order valence-electron chi connectivity index (χ1n) is 11.2. The minimum Gasteiger partial charge on any atom is -0.345 e. The van der Waals surface area contributed by atoms with E-state index in [1.807, 2.05) is 30.3 Å². The second-order valence-electron chi connectivity index (χ2n) is 8.03. The SMILES string of the molecule is Cc1nnc(NC(=O)CSc2nnc(CNC(=O)c3ccc(S(=O)(=O)N(C)C)cc3)n2-c2ccccc2)s1. The second kappa shape index (κ2) is 11.8. The molecule has 4 rings (SSSR count). The number of hydrogen-bond donors (Lipinski definition) is 2. The zero-order valence-corrected chi connectivity index (χ0v) is 23.1. The van der Waals surface area contributed by atoms with Crippen LogP contribution >= 0.6 is 23.1 Å². The molecule has 0 aliphatic heterocycles. The normalized spacial score (nSPS) is 11.5. The fourth-order valence-corrected chi connectivity index (χ4v) is 5.51. The second-order valence-corrected chi connectivity index (χ2v) is 12.3. The Morgan fingerprint density at radius 1 is 1.00 bits per heavy atom. The highest BCUT2D eigenvalue weighted by Gasteiger charge is 2.19. The van der Waals surface area contributed by atoms with Crippen molar-refractivity contribution >= 4 is 50.1 Å². The Kier molecular flexibility index (Phi) is 8.51. The molecule has 15 heteroatoms. The van der Waals surface area contributed by atoms with Gasteiger partial charge in [-0.25, -0.2) is 12.7 Å². The maximum Gasteiger partial charge on any atom is 0.251 e. The van der Waals surface area contributed by atoms with E-state index in [-0.39, 0.29) is 23.1 Å². The molecule has 0 saturated carbocycles. The van der Waals surface area contributed by atoms with Crippen LogP contribution in [-0.2, 0) is 21.4 Å². The fourth-order valence-electron chi connectivity index (χ4n) is 3.23. The van der Waals surface area contributed by atoms with Crippen LogP contribution in [0.1, 0.15) is 21.2 Å². The maximum absolute atomic E-state index is 12.8. The molecule has 2 amide bonds. The molecule has 38 heavy (non-hydrogen) atoms. The van der Waals surface area contributed by atoms with Gasteiger partial charge in [0.15, 0.2) is 11.0 Å². The van der Waals surface area contributed by atoms with E-state index in [0.717, 1.165) is 15.0 Å². The van der Waals surface area contributed by atoms with E-state index in [9.17, 15) is 18.0 Å². The van der Waals surface area contributed by atoms with E-state index in [2.05, 4.69) is 31.0 Å². The number of rotatable bonds is 10. The standard InChI is InChI=1S/C23H24N8O4S3/c1-15-26-28-22(37-15)25-20(32)14-36-23-29-27-19(31(23)17-7-5-4-6-8-17)13-24-21(33)16-9-11-18(12-10-16)38(34,35)30(2)3/h4-12H,13-14H2,1-3H3,(H,24,33)(H,25,28,32). The summed E-state index contributed by atoms with van der Waals surface area (Å²) in [5.41, 5.74) is 1.06. The number of amides is 2. The molecule has 4 aromatic rings. The number of carbonyl (C=O) groups is 2. The molecular weight excluding hydrogens is 549 g/mol. The molecule has 0 aliphatic rings. The molecule has 12 nitrogen and oxygen atoms in total. The van der Waals surface area contributed by atoms with E-state index in [4.69, 9.17) is 0 Å². The summed E-state index contributed by atoms with van der Waals surface area (Å²) in [7, 11) is -0.710. The molecule has 2 N–H and O–H groups in total. The molecule has 0 unspecified atom stereocenters. The van der Waals surface area contributed by atoms with E-state index >= 15 is 0 Å². The van der Waals surface area contributed by atoms with Gasteiger partial charge < -0.3 is 5.32 Å². The molecule has 0 radical (unpaired) electrons. The van der Waals surface area contributed by atoms with Crippen molar-refractivity contribution in [3.8, 4) is 5.69 Å². The molecule has 0 atom stereocenters. The third-order valence-electron chi connectivity index (χ3n) is 5.12. The van der Waals surface area contributed by atoms with Crippen molar-refractivity contribution in [3.05, 3.63) is 71.0 Å². The average Bonchev–Trinajstić information content (AvgIpc) is 3.51. The number of carbonyl (C=O) groups excluding carboxylic acids is 2. The van der Waals surface area contributed by atoms with Gasteiger partial charge in [0.25, 0.3) is 5.91 Å². The number of para-hydroxylation sites is 1. The van der Waals surface area contributed by atoms with Crippen LogP contribution in [0.3, 0.4) is 0 Å². The summed E-state index contributed by atoms with van der Waals surface area (Å²) < 4.78 is 27.4. The predicted molar refractivity (Wildman–Crippen MR) is 144 cm³/mol. The van der Waals surface area contributed by atoms with Gasteiger partial charge >= 0.3 is 0 Å². The van der Waals surface area contributed by atoms with Crippen LogP contribution in [0.25, 0.3) is 5.69 Å². The van der Waals surface area contributed by atoms with Crippen LogP contribution in [0, 0.1) is 6.92 Å². The highest BCUT2D eigenvalue weighted by Crippen LogP contribution is 2.23. The number of sulfonamides is 1. The number of aromatic nitrogens is 5. The number of thioether (sulfide) groups is 1. The van der Waals surface area contributed by atoms with Gasteiger partial charge in [-0.15, -0.1) is 20.4 Å². The summed E-state index contributed by atoms with van der Waals surface area (Å²) in [5, 5.41) is 23.4. The van der Waals surface area contributed by atoms with Crippen molar-refractivity contribution in [1.82, 2.24) is 34.6 Å². The monoisotopic (exact) mass is 572 g/mol. The van der Waals surface area contributed by atoms with Crippen LogP contribution in [-0.4, -0.2) is 69.3 Å². The molecule has 0 bridgehead atoms. The summed E-state index contributed by atoms with van der Waals surface area (Å²) in [5.74, 6) is -0.136. The van der Waals surface area contributed by atoms with Gasteiger partial charge in [-0.3, -0.25) is 19.5 Å². The molecule has 2 aromatic heterocycles. The molecule has 2 heterocycles. The zero-order chi connectivity index (χ0) is 27.3. The van der Waals surface area contributed by atoms with Crippen molar-refractivity contribution in [2.24, 2.45) is 0 Å². The van der Waals surface area contributed by atoms with Crippen LogP contribution in [0.5, 0.6) is 0 Å². The smallest absolute Gasteiger partial charge is 0.251 e. The van der Waals surface area contributed by atoms with Gasteiger partial charge in [-0.2, -0.15) is 0 Å². The van der Waals surface area contributed by atoms with Crippen LogP contribution in [0.15, 0.2) is 64.6 Å². The largest absolute Gasteiger partial charge is 0.345 e. The summed E-state index contributed by atoms with van der Waals surface area (Å²) in [6.07, 6.45) is 0. The van der Waals surface area contributed by atoms with E-state index in [0.29, 0.717) is 21.7 Å². The number of anilines is 1. The molecule has 0 saturated heterocycles. The first-order chi connectivity index (χ1) is 18.1. The number of hydrogen-bond acceptors (Lipinski definition) is 10. The summed E-state index contributed by atoms with van der Waals surface area (Å²) in [6, 6.07) is 15.0. The molecule has 2 aromatic carbocycles. The van der Waals surface area contributed by atoms with Crippen molar-refractivity contribution in [3.63, 3.8) is 0 Å². The Labute approximate surface area is 227 Å². The van der Waals surface area contributed by atoms with Gasteiger partial charge in [0.05, 0.1) is 17.2 Å². The average molecular weight is 573 g/mol. The molecule has 198 valence electrons. The summed E-state index contributed by atoms with van der Waals surface area (Å²) in [6.45, 7) is 1.85. The number of nitrogens with one attached hydrogen (secondary N) is 2. The van der Waals surface area contributed by atoms with Gasteiger partial charge in [-0.1, -0.05) is 41.3 Å². The van der Waals surface area contributed by atoms with E-state index < -0.39 is 15.9 Å². The molecule has 0 spiro atoms. The Morgan fingerprint density at radius 3 is 2.34 bits per heavy atom. The first-order valence-corrected chi connectivity index (χ1v) is 14.4. The van der Waals surface area contributed by atoms with Crippen molar-refractivity contribution in [2.45, 2.75) is 23.5 Å². The van der Waals surface area contributed by atoms with Gasteiger partial charge in [-0.05, 0) is 43.3 Å². The van der Waals surface area contributed by atoms with E-state index in [1.165, 1.54) is 61.5 Å². The van der Waals surface area contributed by atoms with Crippen molar-refractivity contribution < 1.29 is 18.0 Å². The number of benzene rings is 2. The van der Waals surface area contributed by atoms with Gasteiger partial charge in [0.1, 0.15) is 5.01 Å². The topological polar surface area (TPSA) is 152 Å². The van der Waals surface area contributed by atoms with Gasteiger partial charge in [0.2, 0.25) is 21.1 Å². The first kappa shape index (κ1) is 27.4. The predicted octanol–water partition coefficient (Wildman–Crippen LogP) is 2.34. The molecule has 0 fully saturated rings. The maximum atomic E-state index is 12.8. The van der Waals surface area contributed by atoms with Crippen LogP contribution in [0.4, 0.5) is 5.13 Å². The lowest BCUT2D eigenvalue weighted by atomic mass is 10.2. The fraction of sp³-hybridized carbons (Fsp3) is 0.217. The Bertz CT molecular complexity index is 1530. The highest BCUT2D eigenvalue weighted by atomic mass is 32.2. The zero-order valence-electron chi connectivity index (χ0n) is 20.7. The quantitative estimate of drug-likeness (QED) is 0.273. The lowest BCUT2D eigenvalue weighted by Gasteiger charge is -2.12. The summed E-state index contributed by atoms with van der Waals surface area (Å²) in [4.78, 5) is 25.3.